The van der Waals surface area contributed by atoms with Crippen LogP contribution in [0.15, 0.2) is 47.6 Å². The summed E-state index contributed by atoms with van der Waals surface area (Å²) in [6.45, 7) is 8.54. The van der Waals surface area contributed by atoms with Gasteiger partial charge in [0.1, 0.15) is 12.3 Å². The SMILES string of the molecule is Cc1ccc(OCCSc2nc3ccccc3n2CC(=O)OC(C)C)c(C)c1. The Kier molecular flexibility index (Phi) is 6.62. The topological polar surface area (TPSA) is 53.4 Å². The number of para-hydroxylation sites is 2. The molecular weight excluding hydrogens is 372 g/mol. The molecule has 0 unspecified atom stereocenters. The Bertz CT molecular complexity index is 966. The molecule has 28 heavy (non-hydrogen) atoms. The third-order valence-corrected chi connectivity index (χ3v) is 5.12. The fourth-order valence-corrected chi connectivity index (χ4v) is 3.82. The van der Waals surface area contributed by atoms with E-state index in [-0.39, 0.29) is 18.6 Å². The lowest BCUT2D eigenvalue weighted by Gasteiger charge is -2.12. The van der Waals surface area contributed by atoms with E-state index in [0.717, 1.165) is 33.3 Å². The van der Waals surface area contributed by atoms with Gasteiger partial charge in [-0.3, -0.25) is 4.79 Å². The van der Waals surface area contributed by atoms with Crippen LogP contribution in [0.1, 0.15) is 25.0 Å². The number of carbonyl (C=O) groups is 1. The monoisotopic (exact) mass is 398 g/mol. The highest BCUT2D eigenvalue weighted by molar-refractivity contribution is 7.99. The van der Waals surface area contributed by atoms with Crippen molar-refractivity contribution in [3.63, 3.8) is 0 Å². The zero-order valence-electron chi connectivity index (χ0n) is 16.8. The second kappa shape index (κ2) is 9.15. The number of aromatic nitrogens is 2. The molecule has 0 aliphatic heterocycles. The number of aryl methyl sites for hydroxylation is 2. The lowest BCUT2D eigenvalue weighted by atomic mass is 10.1. The largest absolute Gasteiger partial charge is 0.492 e. The third-order valence-electron chi connectivity index (χ3n) is 4.18. The number of hydrogen-bond donors (Lipinski definition) is 0. The van der Waals surface area contributed by atoms with Crippen LogP contribution in [0.4, 0.5) is 0 Å². The van der Waals surface area contributed by atoms with Crippen LogP contribution in [0.25, 0.3) is 11.0 Å². The van der Waals surface area contributed by atoms with Gasteiger partial charge in [0.15, 0.2) is 5.16 Å². The van der Waals surface area contributed by atoms with E-state index in [1.165, 1.54) is 5.56 Å². The van der Waals surface area contributed by atoms with Crippen molar-refractivity contribution in [2.75, 3.05) is 12.4 Å². The van der Waals surface area contributed by atoms with Gasteiger partial charge in [0.05, 0.1) is 23.7 Å². The zero-order chi connectivity index (χ0) is 20.1. The van der Waals surface area contributed by atoms with E-state index in [0.29, 0.717) is 6.61 Å². The van der Waals surface area contributed by atoms with Crippen LogP contribution in [0.2, 0.25) is 0 Å². The van der Waals surface area contributed by atoms with Crippen LogP contribution in [0.3, 0.4) is 0 Å². The average molecular weight is 399 g/mol. The summed E-state index contributed by atoms with van der Waals surface area (Å²) in [5.41, 5.74) is 4.16. The second-order valence-corrected chi connectivity index (χ2v) is 8.04. The Hall–Kier alpha value is -2.47. The first-order valence-corrected chi connectivity index (χ1v) is 10.4. The van der Waals surface area contributed by atoms with E-state index in [1.54, 1.807) is 11.8 Å². The van der Waals surface area contributed by atoms with Crippen molar-refractivity contribution in [1.82, 2.24) is 9.55 Å². The van der Waals surface area contributed by atoms with Crippen molar-refractivity contribution in [2.24, 2.45) is 0 Å². The molecule has 0 bridgehead atoms. The van der Waals surface area contributed by atoms with Gasteiger partial charge >= 0.3 is 5.97 Å². The number of carbonyl (C=O) groups excluding carboxylic acids is 1. The molecule has 0 spiro atoms. The first-order valence-electron chi connectivity index (χ1n) is 9.41. The summed E-state index contributed by atoms with van der Waals surface area (Å²) in [6, 6.07) is 14.0. The quantitative estimate of drug-likeness (QED) is 0.311. The molecule has 3 aromatic rings. The molecule has 0 amide bonds. The fraction of sp³-hybridized carbons (Fsp3) is 0.364. The summed E-state index contributed by atoms with van der Waals surface area (Å²) in [6.07, 6.45) is -0.135. The standard InChI is InChI=1S/C22H26N2O3S/c1-15(2)27-21(25)14-24-19-8-6-5-7-18(19)23-22(24)28-12-11-26-20-10-9-16(3)13-17(20)4/h5-10,13,15H,11-12,14H2,1-4H3. The minimum Gasteiger partial charge on any atom is -0.492 e. The number of thioether (sulfide) groups is 1. The van der Waals surface area contributed by atoms with E-state index in [1.807, 2.05) is 48.7 Å². The smallest absolute Gasteiger partial charge is 0.326 e. The van der Waals surface area contributed by atoms with Crippen LogP contribution in [0, 0.1) is 13.8 Å². The Morgan fingerprint density at radius 3 is 2.71 bits per heavy atom. The van der Waals surface area contributed by atoms with Gasteiger partial charge < -0.3 is 14.0 Å². The number of esters is 1. The fourth-order valence-electron chi connectivity index (χ4n) is 2.99. The Morgan fingerprint density at radius 1 is 1.18 bits per heavy atom. The van der Waals surface area contributed by atoms with Crippen molar-refractivity contribution < 1.29 is 14.3 Å². The van der Waals surface area contributed by atoms with E-state index in [9.17, 15) is 4.79 Å². The number of ether oxygens (including phenoxy) is 2. The Balaban J connectivity index is 1.68. The molecule has 2 aromatic carbocycles. The molecule has 0 fully saturated rings. The van der Waals surface area contributed by atoms with Gasteiger partial charge in [0.2, 0.25) is 0 Å². The number of nitrogens with zero attached hydrogens (tertiary/aromatic N) is 2. The second-order valence-electron chi connectivity index (χ2n) is 6.97. The number of fused-ring (bicyclic) bond motifs is 1. The highest BCUT2D eigenvalue weighted by Gasteiger charge is 2.15. The number of benzene rings is 2. The molecule has 3 rings (SSSR count). The van der Waals surface area contributed by atoms with Gasteiger partial charge in [0, 0.05) is 5.75 Å². The summed E-state index contributed by atoms with van der Waals surface area (Å²) in [5.74, 6) is 1.38. The molecule has 6 heteroatoms. The molecule has 0 atom stereocenters. The highest BCUT2D eigenvalue weighted by Crippen LogP contribution is 2.25. The van der Waals surface area contributed by atoms with Crippen LogP contribution in [0.5, 0.6) is 5.75 Å². The zero-order valence-corrected chi connectivity index (χ0v) is 17.6. The van der Waals surface area contributed by atoms with Gasteiger partial charge in [-0.05, 0) is 51.5 Å². The summed E-state index contributed by atoms with van der Waals surface area (Å²) in [5, 5.41) is 0.797. The molecule has 5 nitrogen and oxygen atoms in total. The van der Waals surface area contributed by atoms with Gasteiger partial charge in [-0.2, -0.15) is 0 Å². The minimum atomic E-state index is -0.258. The summed E-state index contributed by atoms with van der Waals surface area (Å²) < 4.78 is 13.1. The lowest BCUT2D eigenvalue weighted by Crippen LogP contribution is -2.18. The average Bonchev–Trinajstić information content (AvgIpc) is 2.97. The molecule has 148 valence electrons. The molecule has 1 heterocycles. The molecule has 0 aliphatic rings. The maximum atomic E-state index is 12.2. The Morgan fingerprint density at radius 2 is 1.96 bits per heavy atom. The van der Waals surface area contributed by atoms with Crippen LogP contribution in [-0.4, -0.2) is 34.0 Å². The van der Waals surface area contributed by atoms with E-state index < -0.39 is 0 Å². The van der Waals surface area contributed by atoms with Crippen molar-refractivity contribution in [3.05, 3.63) is 53.6 Å². The molecule has 1 aromatic heterocycles. The van der Waals surface area contributed by atoms with E-state index in [4.69, 9.17) is 9.47 Å². The number of rotatable bonds is 8. The van der Waals surface area contributed by atoms with E-state index >= 15 is 0 Å². The molecule has 0 radical (unpaired) electrons. The highest BCUT2D eigenvalue weighted by atomic mass is 32.2. The van der Waals surface area contributed by atoms with Gasteiger partial charge in [0.25, 0.3) is 0 Å². The third kappa shape index (κ3) is 5.07. The van der Waals surface area contributed by atoms with Crippen molar-refractivity contribution >= 4 is 28.8 Å². The minimum absolute atomic E-state index is 0.135. The lowest BCUT2D eigenvalue weighted by molar-refractivity contribution is -0.148. The molecule has 0 aliphatic carbocycles. The normalized spacial score (nSPS) is 11.2. The predicted molar refractivity (Wildman–Crippen MR) is 113 cm³/mol. The van der Waals surface area contributed by atoms with E-state index in [2.05, 4.69) is 31.0 Å². The Labute approximate surface area is 170 Å². The summed E-state index contributed by atoms with van der Waals surface area (Å²) in [7, 11) is 0. The van der Waals surface area contributed by atoms with Gasteiger partial charge in [-0.1, -0.05) is 41.6 Å². The van der Waals surface area contributed by atoms with Crippen molar-refractivity contribution in [1.29, 1.82) is 0 Å². The van der Waals surface area contributed by atoms with Crippen LogP contribution in [-0.2, 0) is 16.1 Å². The van der Waals surface area contributed by atoms with Crippen molar-refractivity contribution in [2.45, 2.75) is 45.5 Å². The number of hydrogen-bond acceptors (Lipinski definition) is 5. The van der Waals surface area contributed by atoms with Crippen molar-refractivity contribution in [3.8, 4) is 5.75 Å². The van der Waals surface area contributed by atoms with Crippen LogP contribution >= 0.6 is 11.8 Å². The van der Waals surface area contributed by atoms with Crippen LogP contribution < -0.4 is 4.74 Å². The molecule has 0 saturated heterocycles. The maximum Gasteiger partial charge on any atom is 0.326 e. The van der Waals surface area contributed by atoms with Gasteiger partial charge in [-0.15, -0.1) is 0 Å². The first kappa shape index (κ1) is 20.3. The first-order chi connectivity index (χ1) is 13.4. The molecule has 0 saturated carbocycles. The predicted octanol–water partition coefficient (Wildman–Crippen LogP) is 4.78. The summed E-state index contributed by atoms with van der Waals surface area (Å²) >= 11 is 1.58. The van der Waals surface area contributed by atoms with Gasteiger partial charge in [-0.25, -0.2) is 4.98 Å². The molecular formula is C22H26N2O3S. The molecule has 0 N–H and O–H groups in total. The number of imidazole rings is 1. The maximum absolute atomic E-state index is 12.2. The summed E-state index contributed by atoms with van der Waals surface area (Å²) in [4.78, 5) is 16.9.